The number of urea groups is 1. The number of benzene rings is 2. The Balaban J connectivity index is 1.78. The van der Waals surface area contributed by atoms with Gasteiger partial charge in [0.05, 0.1) is 18.5 Å². The van der Waals surface area contributed by atoms with Crippen LogP contribution in [0.25, 0.3) is 0 Å². The highest BCUT2D eigenvalue weighted by molar-refractivity contribution is 6.08. The van der Waals surface area contributed by atoms with E-state index >= 15 is 0 Å². The second kappa shape index (κ2) is 7.58. The van der Waals surface area contributed by atoms with Crippen molar-refractivity contribution in [3.63, 3.8) is 0 Å². The molecule has 0 unspecified atom stereocenters. The van der Waals surface area contributed by atoms with Gasteiger partial charge in [0.25, 0.3) is 11.6 Å². The maximum atomic E-state index is 12.9. The SMILES string of the molecule is COc1cccc([C@@]2(C)NC(=O)N(NC(=O)Cc3ccccc3[N+](=O)[O-])C2=O)c1. The highest BCUT2D eigenvalue weighted by atomic mass is 16.6. The molecule has 29 heavy (non-hydrogen) atoms. The number of hydrazine groups is 1. The summed E-state index contributed by atoms with van der Waals surface area (Å²) in [5, 5.41) is 14.2. The molecule has 1 aliphatic heterocycles. The summed E-state index contributed by atoms with van der Waals surface area (Å²) in [6.07, 6.45) is -0.371. The maximum Gasteiger partial charge on any atom is 0.344 e. The van der Waals surface area contributed by atoms with Crippen LogP contribution in [-0.4, -0.2) is 34.9 Å². The smallest absolute Gasteiger partial charge is 0.344 e. The molecule has 4 amide bonds. The molecule has 1 aliphatic rings. The summed E-state index contributed by atoms with van der Waals surface area (Å²) in [4.78, 5) is 48.0. The molecule has 2 aromatic rings. The minimum Gasteiger partial charge on any atom is -0.497 e. The van der Waals surface area contributed by atoms with Gasteiger partial charge in [-0.05, 0) is 24.6 Å². The number of nitrogens with zero attached hydrogens (tertiary/aromatic N) is 2. The highest BCUT2D eigenvalue weighted by Crippen LogP contribution is 2.30. The van der Waals surface area contributed by atoms with E-state index in [0.717, 1.165) is 0 Å². The number of para-hydroxylation sites is 1. The summed E-state index contributed by atoms with van der Waals surface area (Å²) in [6, 6.07) is 11.6. The summed E-state index contributed by atoms with van der Waals surface area (Å²) in [5.74, 6) is -0.922. The van der Waals surface area contributed by atoms with Crippen LogP contribution >= 0.6 is 0 Å². The zero-order chi connectivity index (χ0) is 21.2. The van der Waals surface area contributed by atoms with Crippen molar-refractivity contribution in [1.29, 1.82) is 0 Å². The number of methoxy groups -OCH3 is 1. The van der Waals surface area contributed by atoms with E-state index in [2.05, 4.69) is 10.7 Å². The van der Waals surface area contributed by atoms with Gasteiger partial charge < -0.3 is 10.1 Å². The number of hydrogen-bond donors (Lipinski definition) is 2. The first-order valence-electron chi connectivity index (χ1n) is 8.59. The number of carbonyl (C=O) groups excluding carboxylic acids is 3. The Morgan fingerprint density at radius 3 is 2.66 bits per heavy atom. The number of hydrogen-bond acceptors (Lipinski definition) is 6. The van der Waals surface area contributed by atoms with Crippen molar-refractivity contribution in [1.82, 2.24) is 15.8 Å². The first-order chi connectivity index (χ1) is 13.8. The molecule has 150 valence electrons. The second-order valence-electron chi connectivity index (χ2n) is 6.53. The fourth-order valence-electron chi connectivity index (χ4n) is 3.05. The largest absolute Gasteiger partial charge is 0.497 e. The van der Waals surface area contributed by atoms with Gasteiger partial charge in [-0.2, -0.15) is 5.01 Å². The van der Waals surface area contributed by atoms with Crippen LogP contribution in [0.5, 0.6) is 5.75 Å². The van der Waals surface area contributed by atoms with E-state index < -0.39 is 28.3 Å². The Morgan fingerprint density at radius 2 is 1.97 bits per heavy atom. The molecule has 2 N–H and O–H groups in total. The molecule has 10 nitrogen and oxygen atoms in total. The van der Waals surface area contributed by atoms with Crippen molar-refractivity contribution >= 4 is 23.5 Å². The molecule has 10 heteroatoms. The van der Waals surface area contributed by atoms with Crippen molar-refractivity contribution in [2.45, 2.75) is 18.9 Å². The lowest BCUT2D eigenvalue weighted by Crippen LogP contribution is -2.48. The summed E-state index contributed by atoms with van der Waals surface area (Å²) >= 11 is 0. The number of rotatable bonds is 6. The van der Waals surface area contributed by atoms with Crippen molar-refractivity contribution in [2.24, 2.45) is 0 Å². The number of carbonyl (C=O) groups is 3. The Hall–Kier alpha value is -3.95. The molecule has 0 aliphatic carbocycles. The number of nitro benzene ring substituents is 1. The van der Waals surface area contributed by atoms with Gasteiger partial charge in [0.15, 0.2) is 0 Å². The van der Waals surface area contributed by atoms with Gasteiger partial charge in [-0.15, -0.1) is 0 Å². The lowest BCUT2D eigenvalue weighted by Gasteiger charge is -2.22. The molecule has 2 aromatic carbocycles. The van der Waals surface area contributed by atoms with E-state index in [-0.39, 0.29) is 17.7 Å². The van der Waals surface area contributed by atoms with E-state index in [4.69, 9.17) is 4.74 Å². The second-order valence-corrected chi connectivity index (χ2v) is 6.53. The predicted octanol–water partition coefficient (Wildman–Crippen LogP) is 1.64. The zero-order valence-electron chi connectivity index (χ0n) is 15.7. The van der Waals surface area contributed by atoms with Crippen molar-refractivity contribution in [2.75, 3.05) is 7.11 Å². The summed E-state index contributed by atoms with van der Waals surface area (Å²) in [6.45, 7) is 1.51. The third kappa shape index (κ3) is 3.72. The van der Waals surface area contributed by atoms with E-state index in [1.165, 1.54) is 32.2 Å². The van der Waals surface area contributed by atoms with E-state index in [0.29, 0.717) is 16.3 Å². The van der Waals surface area contributed by atoms with E-state index in [9.17, 15) is 24.5 Å². The van der Waals surface area contributed by atoms with Crippen molar-refractivity contribution in [3.05, 3.63) is 69.8 Å². The van der Waals surface area contributed by atoms with Crippen LogP contribution in [0, 0.1) is 10.1 Å². The number of ether oxygens (including phenoxy) is 1. The van der Waals surface area contributed by atoms with Crippen molar-refractivity contribution in [3.8, 4) is 5.75 Å². The Morgan fingerprint density at radius 1 is 1.24 bits per heavy atom. The van der Waals surface area contributed by atoms with Crippen LogP contribution in [0.1, 0.15) is 18.1 Å². The standard InChI is InChI=1S/C19H18N4O6/c1-19(13-7-5-8-14(11-13)29-2)17(25)22(18(26)20-19)21-16(24)10-12-6-3-4-9-15(12)23(27)28/h3-9,11H,10H2,1-2H3,(H,20,26)(H,21,24)/t19-/m1/s1. The average Bonchev–Trinajstić information content (AvgIpc) is 2.92. The van der Waals surface area contributed by atoms with E-state index in [1.807, 2.05) is 0 Å². The maximum absolute atomic E-state index is 12.9. The van der Waals surface area contributed by atoms with Gasteiger partial charge in [-0.25, -0.2) is 4.79 Å². The topological polar surface area (TPSA) is 131 Å². The summed E-state index contributed by atoms with van der Waals surface area (Å²) in [5.41, 5.74) is 1.24. The average molecular weight is 398 g/mol. The molecule has 3 rings (SSSR count). The highest BCUT2D eigenvalue weighted by Gasteiger charge is 2.50. The molecule has 1 saturated heterocycles. The Labute approximate surface area is 165 Å². The number of imide groups is 1. The van der Waals surface area contributed by atoms with Crippen LogP contribution in [-0.2, 0) is 21.5 Å². The minimum absolute atomic E-state index is 0.164. The molecule has 1 heterocycles. The Kier molecular flexibility index (Phi) is 5.18. The van der Waals surface area contributed by atoms with Gasteiger partial charge >= 0.3 is 6.03 Å². The van der Waals surface area contributed by atoms with E-state index in [1.54, 1.807) is 30.3 Å². The van der Waals surface area contributed by atoms with Crippen LogP contribution in [0.4, 0.5) is 10.5 Å². The summed E-state index contributed by atoms with van der Waals surface area (Å²) in [7, 11) is 1.48. The van der Waals surface area contributed by atoms with Gasteiger partial charge in [0.2, 0.25) is 5.91 Å². The molecule has 0 radical (unpaired) electrons. The monoisotopic (exact) mass is 398 g/mol. The van der Waals surface area contributed by atoms with Gasteiger partial charge in [-0.1, -0.05) is 30.3 Å². The third-order valence-corrected chi connectivity index (χ3v) is 4.61. The minimum atomic E-state index is -1.41. The fourth-order valence-corrected chi connectivity index (χ4v) is 3.05. The van der Waals surface area contributed by atoms with Crippen LogP contribution < -0.4 is 15.5 Å². The summed E-state index contributed by atoms with van der Waals surface area (Å²) < 4.78 is 5.15. The normalized spacial score (nSPS) is 18.3. The van der Waals surface area contributed by atoms with Crippen LogP contribution in [0.2, 0.25) is 0 Å². The lowest BCUT2D eigenvalue weighted by molar-refractivity contribution is -0.385. The van der Waals surface area contributed by atoms with Gasteiger partial charge in [0, 0.05) is 11.6 Å². The number of amides is 4. The van der Waals surface area contributed by atoms with Crippen LogP contribution in [0.3, 0.4) is 0 Å². The quantitative estimate of drug-likeness (QED) is 0.432. The van der Waals surface area contributed by atoms with Crippen molar-refractivity contribution < 1.29 is 24.0 Å². The molecule has 0 spiro atoms. The molecule has 0 aromatic heterocycles. The Bertz CT molecular complexity index is 1010. The molecule has 1 atom stereocenters. The molecule has 0 bridgehead atoms. The molecule has 0 saturated carbocycles. The molecular weight excluding hydrogens is 380 g/mol. The predicted molar refractivity (Wildman–Crippen MR) is 101 cm³/mol. The van der Waals surface area contributed by atoms with Crippen LogP contribution in [0.15, 0.2) is 48.5 Å². The first kappa shape index (κ1) is 19.8. The lowest BCUT2D eigenvalue weighted by atomic mass is 9.92. The van der Waals surface area contributed by atoms with Gasteiger partial charge in [-0.3, -0.25) is 25.1 Å². The number of nitro groups is 1. The zero-order valence-corrected chi connectivity index (χ0v) is 15.7. The first-order valence-corrected chi connectivity index (χ1v) is 8.59. The molecular formula is C19H18N4O6. The fraction of sp³-hybridized carbons (Fsp3) is 0.211. The third-order valence-electron chi connectivity index (χ3n) is 4.61. The van der Waals surface area contributed by atoms with Gasteiger partial charge in [0.1, 0.15) is 11.3 Å². The number of nitrogens with one attached hydrogen (secondary N) is 2. The molecule has 1 fully saturated rings.